The molecule has 0 unspecified atom stereocenters. The maximum Gasteiger partial charge on any atom is 0.157 e. The van der Waals surface area contributed by atoms with Gasteiger partial charge in [-0.05, 0) is 60.2 Å². The van der Waals surface area contributed by atoms with Crippen LogP contribution in [0.2, 0.25) is 10.0 Å². The minimum Gasteiger partial charge on any atom is -0.504 e. The number of phenols is 1. The molecule has 4 N–H and O–H groups in total. The first-order valence-electron chi connectivity index (χ1n) is 7.56. The molecule has 0 amide bonds. The summed E-state index contributed by atoms with van der Waals surface area (Å²) < 4.78 is 0. The zero-order valence-electron chi connectivity index (χ0n) is 13.2. The van der Waals surface area contributed by atoms with Crippen LogP contribution in [0.3, 0.4) is 0 Å². The maximum atomic E-state index is 10.0. The molecule has 6 heteroatoms. The lowest BCUT2D eigenvalue weighted by Gasteiger charge is -2.13. The van der Waals surface area contributed by atoms with E-state index in [0.29, 0.717) is 28.0 Å². The number of hydrogen-bond acceptors (Lipinski definition) is 4. The summed E-state index contributed by atoms with van der Waals surface area (Å²) >= 11 is 13.5. The Balaban J connectivity index is 1.81. The van der Waals surface area contributed by atoms with E-state index in [2.05, 4.69) is 5.32 Å². The second-order valence-corrected chi connectivity index (χ2v) is 7.37. The number of phenolic OH excluding ortho intramolecular Hbond substituents is 1. The first-order valence-corrected chi connectivity index (χ1v) is 9.13. The fourth-order valence-electron chi connectivity index (χ4n) is 2.32. The molecular formula is C19H16Cl2N2OS. The lowest BCUT2D eigenvalue weighted by molar-refractivity contribution is 0.477. The molecule has 0 aromatic heterocycles. The Kier molecular flexibility index (Phi) is 5.63. The Hall–Kier alpha value is -2.01. The van der Waals surface area contributed by atoms with Crippen molar-refractivity contribution in [2.24, 2.45) is 0 Å². The van der Waals surface area contributed by atoms with E-state index >= 15 is 0 Å². The highest BCUT2D eigenvalue weighted by Gasteiger charge is 2.09. The molecule has 128 valence electrons. The predicted octanol–water partition coefficient (Wildman–Crippen LogP) is 6.04. The zero-order valence-corrected chi connectivity index (χ0v) is 15.5. The molecule has 3 aromatic rings. The molecule has 0 saturated heterocycles. The fraction of sp³-hybridized carbons (Fsp3) is 0.0526. The van der Waals surface area contributed by atoms with Gasteiger partial charge in [-0.15, -0.1) is 0 Å². The minimum absolute atomic E-state index is 0.0416. The minimum atomic E-state index is 0.0416. The van der Waals surface area contributed by atoms with Gasteiger partial charge in [-0.25, -0.2) is 0 Å². The molecule has 3 rings (SSSR count). The van der Waals surface area contributed by atoms with Crippen LogP contribution in [0, 0.1) is 0 Å². The summed E-state index contributed by atoms with van der Waals surface area (Å²) in [5.74, 6) is 0.0416. The lowest BCUT2D eigenvalue weighted by Crippen LogP contribution is -2.02. The molecule has 0 saturated carbocycles. The van der Waals surface area contributed by atoms with Crippen molar-refractivity contribution < 1.29 is 5.11 Å². The van der Waals surface area contributed by atoms with Gasteiger partial charge in [-0.1, -0.05) is 41.0 Å². The number of benzene rings is 3. The molecule has 0 aliphatic heterocycles. The highest BCUT2D eigenvalue weighted by molar-refractivity contribution is 7.99. The van der Waals surface area contributed by atoms with E-state index in [9.17, 15) is 5.11 Å². The highest BCUT2D eigenvalue weighted by atomic mass is 35.5. The van der Waals surface area contributed by atoms with Crippen LogP contribution < -0.4 is 11.1 Å². The van der Waals surface area contributed by atoms with Crippen molar-refractivity contribution in [3.8, 4) is 5.75 Å². The van der Waals surface area contributed by atoms with E-state index < -0.39 is 0 Å². The van der Waals surface area contributed by atoms with Crippen molar-refractivity contribution in [1.29, 1.82) is 0 Å². The summed E-state index contributed by atoms with van der Waals surface area (Å²) in [5.41, 5.74) is 8.23. The van der Waals surface area contributed by atoms with Crippen molar-refractivity contribution in [3.05, 3.63) is 76.3 Å². The van der Waals surface area contributed by atoms with Gasteiger partial charge < -0.3 is 16.2 Å². The smallest absolute Gasteiger partial charge is 0.157 e. The largest absolute Gasteiger partial charge is 0.504 e. The average molecular weight is 391 g/mol. The van der Waals surface area contributed by atoms with Crippen molar-refractivity contribution in [1.82, 2.24) is 0 Å². The van der Waals surface area contributed by atoms with Gasteiger partial charge in [0.1, 0.15) is 0 Å². The third-order valence-corrected chi connectivity index (χ3v) is 5.27. The number of nitrogens with one attached hydrogen (secondary N) is 1. The Bertz CT molecular complexity index is 885. The molecule has 0 radical (unpaired) electrons. The molecule has 0 aliphatic rings. The van der Waals surface area contributed by atoms with Crippen LogP contribution in [0.25, 0.3) is 0 Å². The maximum absolute atomic E-state index is 10.0. The molecule has 0 fully saturated rings. The highest BCUT2D eigenvalue weighted by Crippen LogP contribution is 2.34. The number of nitrogen functional groups attached to an aromatic ring is 1. The quantitative estimate of drug-likeness (QED) is 0.366. The van der Waals surface area contributed by atoms with Crippen LogP contribution in [-0.4, -0.2) is 5.11 Å². The molecule has 0 atom stereocenters. The van der Waals surface area contributed by atoms with E-state index in [1.807, 2.05) is 42.5 Å². The summed E-state index contributed by atoms with van der Waals surface area (Å²) in [6.07, 6.45) is 0. The Morgan fingerprint density at radius 3 is 2.52 bits per heavy atom. The monoisotopic (exact) mass is 390 g/mol. The van der Waals surface area contributed by atoms with E-state index in [-0.39, 0.29) is 5.75 Å². The zero-order chi connectivity index (χ0) is 17.8. The van der Waals surface area contributed by atoms with Crippen molar-refractivity contribution in [3.63, 3.8) is 0 Å². The molecule has 3 aromatic carbocycles. The second kappa shape index (κ2) is 7.91. The molecule has 0 bridgehead atoms. The Morgan fingerprint density at radius 1 is 1.00 bits per heavy atom. The number of aromatic hydroxyl groups is 1. The lowest BCUT2D eigenvalue weighted by atomic mass is 10.2. The number of nitrogens with two attached hydrogens (primary N) is 1. The van der Waals surface area contributed by atoms with E-state index in [1.165, 1.54) is 0 Å². The van der Waals surface area contributed by atoms with Crippen LogP contribution in [0.15, 0.2) is 70.5 Å². The van der Waals surface area contributed by atoms with Gasteiger partial charge in [0.2, 0.25) is 0 Å². The third kappa shape index (κ3) is 4.54. The number of halogens is 2. The van der Waals surface area contributed by atoms with Crippen LogP contribution in [0.1, 0.15) is 5.56 Å². The van der Waals surface area contributed by atoms with Gasteiger partial charge in [-0.2, -0.15) is 0 Å². The van der Waals surface area contributed by atoms with Gasteiger partial charge in [0.25, 0.3) is 0 Å². The standard InChI is InChI=1S/C19H16Cl2N2OS/c20-13-4-7-15(8-5-13)25-18-9-6-14(22)10-12(18)11-23-17-3-1-2-16(21)19(17)24/h1-10,23-24H,11,22H2. The Labute approximate surface area is 160 Å². The van der Waals surface area contributed by atoms with Crippen LogP contribution in [-0.2, 0) is 6.54 Å². The van der Waals surface area contributed by atoms with E-state index in [1.54, 1.807) is 30.0 Å². The van der Waals surface area contributed by atoms with Gasteiger partial charge in [0.05, 0.1) is 10.7 Å². The van der Waals surface area contributed by atoms with Gasteiger partial charge in [0, 0.05) is 27.0 Å². The number of para-hydroxylation sites is 1. The predicted molar refractivity (Wildman–Crippen MR) is 107 cm³/mol. The second-order valence-electron chi connectivity index (χ2n) is 5.41. The summed E-state index contributed by atoms with van der Waals surface area (Å²) in [5, 5.41) is 14.3. The van der Waals surface area contributed by atoms with Gasteiger partial charge in [-0.3, -0.25) is 0 Å². The summed E-state index contributed by atoms with van der Waals surface area (Å²) in [6.45, 7) is 0.509. The van der Waals surface area contributed by atoms with E-state index in [0.717, 1.165) is 15.4 Å². The van der Waals surface area contributed by atoms with Crippen LogP contribution >= 0.6 is 35.0 Å². The van der Waals surface area contributed by atoms with Crippen LogP contribution in [0.5, 0.6) is 5.75 Å². The topological polar surface area (TPSA) is 58.3 Å². The van der Waals surface area contributed by atoms with Gasteiger partial charge >= 0.3 is 0 Å². The molecule has 0 spiro atoms. The van der Waals surface area contributed by atoms with Crippen molar-refractivity contribution in [2.75, 3.05) is 11.1 Å². The number of rotatable bonds is 5. The average Bonchev–Trinajstić information content (AvgIpc) is 2.60. The molecule has 25 heavy (non-hydrogen) atoms. The number of hydrogen-bond donors (Lipinski definition) is 3. The first kappa shape index (κ1) is 17.8. The first-order chi connectivity index (χ1) is 12.0. The van der Waals surface area contributed by atoms with Crippen molar-refractivity contribution >= 4 is 46.3 Å². The number of anilines is 2. The molecule has 3 nitrogen and oxygen atoms in total. The SMILES string of the molecule is Nc1ccc(Sc2ccc(Cl)cc2)c(CNc2cccc(Cl)c2O)c1. The summed E-state index contributed by atoms with van der Waals surface area (Å²) in [6, 6.07) is 18.7. The van der Waals surface area contributed by atoms with Gasteiger partial charge in [0.15, 0.2) is 5.75 Å². The van der Waals surface area contributed by atoms with E-state index in [4.69, 9.17) is 28.9 Å². The summed E-state index contributed by atoms with van der Waals surface area (Å²) in [7, 11) is 0. The fourth-order valence-corrected chi connectivity index (χ4v) is 3.54. The third-order valence-electron chi connectivity index (χ3n) is 3.58. The van der Waals surface area contributed by atoms with Crippen LogP contribution in [0.4, 0.5) is 11.4 Å². The van der Waals surface area contributed by atoms with Crippen molar-refractivity contribution in [2.45, 2.75) is 16.3 Å². The Morgan fingerprint density at radius 2 is 1.76 bits per heavy atom. The molecule has 0 aliphatic carbocycles. The molecule has 0 heterocycles. The summed E-state index contributed by atoms with van der Waals surface area (Å²) in [4.78, 5) is 2.16. The molecular weight excluding hydrogens is 375 g/mol. The normalized spacial score (nSPS) is 10.6.